The van der Waals surface area contributed by atoms with Crippen LogP contribution >= 0.6 is 39.1 Å². The number of allylic oxidation sites excluding steroid dienone is 2. The normalized spacial score (nSPS) is 19.2. The van der Waals surface area contributed by atoms with Crippen molar-refractivity contribution in [2.45, 2.75) is 25.0 Å². The molecular weight excluding hydrogens is 607 g/mol. The Kier molecular flexibility index (Phi) is 7.88. The first-order chi connectivity index (χ1) is 19.5. The van der Waals surface area contributed by atoms with Gasteiger partial charge in [0.2, 0.25) is 0 Å². The molecule has 0 saturated carbocycles. The van der Waals surface area contributed by atoms with Gasteiger partial charge in [-0.1, -0.05) is 71.8 Å². The number of nitrogens with zero attached hydrogens (tertiary/aromatic N) is 1. The van der Waals surface area contributed by atoms with Crippen molar-refractivity contribution in [2.75, 3.05) is 12.4 Å². The second-order valence-electron chi connectivity index (χ2n) is 9.97. The van der Waals surface area contributed by atoms with Gasteiger partial charge in [-0.05, 0) is 87.4 Å². The summed E-state index contributed by atoms with van der Waals surface area (Å²) >= 11 is 15.9. The zero-order chi connectivity index (χ0) is 27.6. The summed E-state index contributed by atoms with van der Waals surface area (Å²) in [5.74, 6) is 2.17. The maximum atomic E-state index is 6.30. The smallest absolute Gasteiger partial charge is 0.175 e. The number of ether oxygens (including phenoxy) is 2. The molecule has 1 heterocycles. The molecule has 4 aromatic rings. The molecule has 1 aliphatic heterocycles. The minimum absolute atomic E-state index is 0.267. The van der Waals surface area contributed by atoms with Crippen LogP contribution in [0.3, 0.4) is 0 Å². The van der Waals surface area contributed by atoms with Crippen LogP contribution in [0.25, 0.3) is 0 Å². The van der Waals surface area contributed by atoms with Crippen LogP contribution in [0.1, 0.15) is 40.6 Å². The van der Waals surface area contributed by atoms with Gasteiger partial charge in [-0.15, -0.1) is 0 Å². The van der Waals surface area contributed by atoms with Gasteiger partial charge in [0, 0.05) is 33.4 Å². The van der Waals surface area contributed by atoms with Crippen molar-refractivity contribution in [1.82, 2.24) is 0 Å². The zero-order valence-corrected chi connectivity index (χ0v) is 24.9. The Hall–Kier alpha value is -3.25. The molecule has 1 aliphatic carbocycles. The van der Waals surface area contributed by atoms with E-state index in [1.54, 1.807) is 19.2 Å². The van der Waals surface area contributed by atoms with Gasteiger partial charge in [0.1, 0.15) is 6.61 Å². The van der Waals surface area contributed by atoms with Crippen molar-refractivity contribution in [3.05, 3.63) is 128 Å². The standard InChI is InChI=1S/C33H27BrCl2N2O2/c1-39-31-16-20(15-28(34)33(31)40-19-22-9-12-23(35)17-29(22)36)18-37-24-13-10-21(11-14-24)32-27-7-4-6-25(27)26-5-2-3-8-30(26)38-32/h2-6,8-18,25,27,32,38H,7,19H2,1H3/t25-,27+,32+/m1/s1. The van der Waals surface area contributed by atoms with E-state index < -0.39 is 0 Å². The van der Waals surface area contributed by atoms with Gasteiger partial charge in [-0.2, -0.15) is 0 Å². The minimum atomic E-state index is 0.267. The number of fused-ring (bicyclic) bond motifs is 3. The zero-order valence-electron chi connectivity index (χ0n) is 21.8. The first kappa shape index (κ1) is 26.9. The molecule has 3 atom stereocenters. The van der Waals surface area contributed by atoms with Crippen LogP contribution in [0.15, 0.2) is 100 Å². The van der Waals surface area contributed by atoms with Crippen LogP contribution in [0.2, 0.25) is 10.0 Å². The number of para-hydroxylation sites is 1. The molecule has 2 aliphatic rings. The number of anilines is 1. The molecule has 0 unspecified atom stereocenters. The third-order valence-electron chi connectivity index (χ3n) is 7.53. The second kappa shape index (κ2) is 11.7. The Morgan fingerprint density at radius 2 is 1.85 bits per heavy atom. The molecule has 0 amide bonds. The molecule has 4 nitrogen and oxygen atoms in total. The molecule has 6 rings (SSSR count). The molecule has 0 spiro atoms. The summed E-state index contributed by atoms with van der Waals surface area (Å²) in [5.41, 5.74) is 6.50. The van der Waals surface area contributed by atoms with E-state index in [0.717, 1.165) is 27.7 Å². The fraction of sp³-hybridized carbons (Fsp3) is 0.182. The van der Waals surface area contributed by atoms with Gasteiger partial charge >= 0.3 is 0 Å². The summed E-state index contributed by atoms with van der Waals surface area (Å²) in [6.07, 6.45) is 7.60. The molecule has 7 heteroatoms. The van der Waals surface area contributed by atoms with Gasteiger partial charge in [0.15, 0.2) is 11.5 Å². The maximum absolute atomic E-state index is 6.30. The third-order valence-corrected chi connectivity index (χ3v) is 8.70. The molecule has 1 N–H and O–H groups in total. The maximum Gasteiger partial charge on any atom is 0.175 e. The van der Waals surface area contributed by atoms with E-state index in [2.05, 4.69) is 81.9 Å². The number of halogens is 3. The highest BCUT2D eigenvalue weighted by molar-refractivity contribution is 9.10. The summed E-state index contributed by atoms with van der Waals surface area (Å²) in [6, 6.07) is 26.6. The average molecular weight is 634 g/mol. The van der Waals surface area contributed by atoms with Gasteiger partial charge in [-0.25, -0.2) is 0 Å². The molecule has 0 radical (unpaired) electrons. The van der Waals surface area contributed by atoms with Crippen LogP contribution in [0.4, 0.5) is 11.4 Å². The van der Waals surface area contributed by atoms with Crippen molar-refractivity contribution < 1.29 is 9.47 Å². The van der Waals surface area contributed by atoms with Crippen molar-refractivity contribution in [1.29, 1.82) is 0 Å². The van der Waals surface area contributed by atoms with Crippen LogP contribution in [-0.2, 0) is 6.61 Å². The molecule has 202 valence electrons. The predicted octanol–water partition coefficient (Wildman–Crippen LogP) is 9.92. The van der Waals surface area contributed by atoms with Gasteiger partial charge in [-0.3, -0.25) is 4.99 Å². The fourth-order valence-corrected chi connectivity index (χ4v) is 6.57. The molecule has 40 heavy (non-hydrogen) atoms. The van der Waals surface area contributed by atoms with Crippen molar-refractivity contribution in [2.24, 2.45) is 10.9 Å². The van der Waals surface area contributed by atoms with Gasteiger partial charge in [0.05, 0.1) is 23.3 Å². The summed E-state index contributed by atoms with van der Waals surface area (Å²) in [6.45, 7) is 0.282. The number of methoxy groups -OCH3 is 1. The highest BCUT2D eigenvalue weighted by atomic mass is 79.9. The van der Waals surface area contributed by atoms with Crippen LogP contribution < -0.4 is 14.8 Å². The highest BCUT2D eigenvalue weighted by Crippen LogP contribution is 2.49. The monoisotopic (exact) mass is 632 g/mol. The Balaban J connectivity index is 1.17. The Bertz CT molecular complexity index is 1600. The lowest BCUT2D eigenvalue weighted by Gasteiger charge is -2.37. The predicted molar refractivity (Wildman–Crippen MR) is 168 cm³/mol. The van der Waals surface area contributed by atoms with E-state index in [1.165, 1.54) is 16.8 Å². The number of aliphatic imine (C=N–C) groups is 1. The number of benzene rings is 4. The Morgan fingerprint density at radius 1 is 1.02 bits per heavy atom. The first-order valence-electron chi connectivity index (χ1n) is 13.1. The summed E-state index contributed by atoms with van der Waals surface area (Å²) < 4.78 is 12.4. The minimum Gasteiger partial charge on any atom is -0.493 e. The van der Waals surface area contributed by atoms with E-state index >= 15 is 0 Å². The Morgan fingerprint density at radius 3 is 2.65 bits per heavy atom. The average Bonchev–Trinajstić information content (AvgIpc) is 3.46. The number of rotatable bonds is 7. The third kappa shape index (κ3) is 5.51. The number of hydrogen-bond donors (Lipinski definition) is 1. The lowest BCUT2D eigenvalue weighted by Crippen LogP contribution is -2.28. The van der Waals surface area contributed by atoms with Gasteiger partial charge < -0.3 is 14.8 Å². The van der Waals surface area contributed by atoms with Crippen LogP contribution in [0.5, 0.6) is 11.5 Å². The second-order valence-corrected chi connectivity index (χ2v) is 11.7. The van der Waals surface area contributed by atoms with E-state index in [0.29, 0.717) is 33.4 Å². The molecule has 0 fully saturated rings. The highest BCUT2D eigenvalue weighted by Gasteiger charge is 2.37. The summed E-state index contributed by atoms with van der Waals surface area (Å²) in [5, 5.41) is 4.93. The summed E-state index contributed by atoms with van der Waals surface area (Å²) in [4.78, 5) is 4.72. The number of nitrogens with one attached hydrogen (secondary N) is 1. The molecular formula is C33H27BrCl2N2O2. The quantitative estimate of drug-likeness (QED) is 0.163. The SMILES string of the molecule is COc1cc(C=Nc2ccc([C@@H]3Nc4ccccc4[C@H]4C=CC[C@@H]43)cc2)cc(Br)c1OCc1ccc(Cl)cc1Cl. The molecule has 0 aromatic heterocycles. The first-order valence-corrected chi connectivity index (χ1v) is 14.7. The van der Waals surface area contributed by atoms with Crippen molar-refractivity contribution in [3.63, 3.8) is 0 Å². The lowest BCUT2D eigenvalue weighted by molar-refractivity contribution is 0.282. The van der Waals surface area contributed by atoms with Crippen molar-refractivity contribution >= 4 is 56.7 Å². The van der Waals surface area contributed by atoms with Crippen LogP contribution in [-0.4, -0.2) is 13.3 Å². The number of hydrogen-bond acceptors (Lipinski definition) is 4. The van der Waals surface area contributed by atoms with Crippen LogP contribution in [0, 0.1) is 5.92 Å². The molecule has 0 bridgehead atoms. The fourth-order valence-electron chi connectivity index (χ4n) is 5.53. The molecule has 4 aromatic carbocycles. The topological polar surface area (TPSA) is 42.8 Å². The largest absolute Gasteiger partial charge is 0.493 e. The van der Waals surface area contributed by atoms with E-state index in [-0.39, 0.29) is 12.6 Å². The van der Waals surface area contributed by atoms with E-state index in [4.69, 9.17) is 37.7 Å². The van der Waals surface area contributed by atoms with E-state index in [1.807, 2.05) is 24.4 Å². The molecule has 0 saturated heterocycles. The Labute approximate surface area is 252 Å². The van der Waals surface area contributed by atoms with E-state index in [9.17, 15) is 0 Å². The lowest BCUT2D eigenvalue weighted by atomic mass is 9.77. The summed E-state index contributed by atoms with van der Waals surface area (Å²) in [7, 11) is 1.62. The van der Waals surface area contributed by atoms with Gasteiger partial charge in [0.25, 0.3) is 0 Å². The van der Waals surface area contributed by atoms with Crippen molar-refractivity contribution in [3.8, 4) is 11.5 Å².